The Balaban J connectivity index is 1.42. The molecule has 2 aromatic carbocycles. The molecule has 0 amide bonds. The zero-order chi connectivity index (χ0) is 23.5. The molecule has 1 N–H and O–H groups in total. The predicted molar refractivity (Wildman–Crippen MR) is 130 cm³/mol. The van der Waals surface area contributed by atoms with Crippen LogP contribution in [-0.2, 0) is 11.3 Å². The molecule has 11 heteroatoms. The van der Waals surface area contributed by atoms with Gasteiger partial charge in [0, 0.05) is 33.3 Å². The number of phenolic OH excluding ortho intramolecular Hbond substituents is 1. The van der Waals surface area contributed by atoms with Crippen molar-refractivity contribution in [3.05, 3.63) is 53.9 Å². The molecule has 0 unspecified atom stereocenters. The lowest BCUT2D eigenvalue weighted by Gasteiger charge is -2.38. The first-order valence-corrected chi connectivity index (χ1v) is 12.0. The zero-order valence-corrected chi connectivity index (χ0v) is 20.0. The molecule has 4 aromatic rings. The molecule has 1 fully saturated rings. The Morgan fingerprint density at radius 3 is 2.68 bits per heavy atom. The fourth-order valence-electron chi connectivity index (χ4n) is 4.30. The second-order valence-corrected chi connectivity index (χ2v) is 9.08. The van der Waals surface area contributed by atoms with E-state index in [0.29, 0.717) is 18.9 Å². The largest absolute Gasteiger partial charge is 0.504 e. The Morgan fingerprint density at radius 2 is 1.91 bits per heavy atom. The highest BCUT2D eigenvalue weighted by Gasteiger charge is 2.32. The normalized spacial score (nSPS) is 15.6. The highest BCUT2D eigenvalue weighted by atomic mass is 32.1. The van der Waals surface area contributed by atoms with Crippen LogP contribution in [-0.4, -0.2) is 82.2 Å². The lowest BCUT2D eigenvalue weighted by molar-refractivity contribution is 0.171. The Bertz CT molecular complexity index is 1220. The highest BCUT2D eigenvalue weighted by molar-refractivity contribution is 7.22. The van der Waals surface area contributed by atoms with Gasteiger partial charge in [-0.05, 0) is 40.3 Å². The summed E-state index contributed by atoms with van der Waals surface area (Å²) in [6.07, 6.45) is 0. The summed E-state index contributed by atoms with van der Waals surface area (Å²) in [7, 11) is 3.21. The minimum absolute atomic E-state index is 0.102. The molecule has 0 bridgehead atoms. The lowest BCUT2D eigenvalue weighted by Crippen LogP contribution is -2.48. The van der Waals surface area contributed by atoms with Crippen LogP contribution in [0.1, 0.15) is 17.4 Å². The third kappa shape index (κ3) is 4.41. The van der Waals surface area contributed by atoms with Crippen LogP contribution in [0.3, 0.4) is 0 Å². The number of para-hydroxylation sites is 1. The van der Waals surface area contributed by atoms with Gasteiger partial charge in [0.05, 0.1) is 36.5 Å². The number of rotatable bonds is 8. The minimum Gasteiger partial charge on any atom is -0.504 e. The molecule has 0 spiro atoms. The quantitative estimate of drug-likeness (QED) is 0.407. The third-order valence-corrected chi connectivity index (χ3v) is 7.16. The summed E-state index contributed by atoms with van der Waals surface area (Å²) in [4.78, 5) is 9.53. The molecule has 1 atom stereocenters. The second-order valence-electron chi connectivity index (χ2n) is 8.07. The summed E-state index contributed by atoms with van der Waals surface area (Å²) in [6.45, 7) is 4.35. The van der Waals surface area contributed by atoms with Gasteiger partial charge in [-0.25, -0.2) is 9.67 Å². The minimum atomic E-state index is -0.195. The summed E-state index contributed by atoms with van der Waals surface area (Å²) in [5.74, 6) is 1.26. The molecule has 0 saturated carbocycles. The number of ether oxygens (including phenoxy) is 2. The average molecular weight is 482 g/mol. The smallest absolute Gasteiger partial charge is 0.186 e. The van der Waals surface area contributed by atoms with E-state index in [1.165, 1.54) is 4.70 Å². The van der Waals surface area contributed by atoms with Gasteiger partial charge in [0.1, 0.15) is 0 Å². The number of phenols is 1. The number of aromatic nitrogens is 5. The maximum Gasteiger partial charge on any atom is 0.186 e. The highest BCUT2D eigenvalue weighted by Crippen LogP contribution is 2.35. The van der Waals surface area contributed by atoms with Crippen molar-refractivity contribution in [2.45, 2.75) is 12.6 Å². The van der Waals surface area contributed by atoms with Gasteiger partial charge < -0.3 is 19.5 Å². The first kappa shape index (κ1) is 22.5. The van der Waals surface area contributed by atoms with Crippen molar-refractivity contribution in [3.8, 4) is 11.5 Å². The Kier molecular flexibility index (Phi) is 6.57. The van der Waals surface area contributed by atoms with Crippen molar-refractivity contribution in [3.63, 3.8) is 0 Å². The van der Waals surface area contributed by atoms with Crippen LogP contribution < -0.4 is 9.64 Å². The van der Waals surface area contributed by atoms with Crippen molar-refractivity contribution in [1.82, 2.24) is 30.1 Å². The van der Waals surface area contributed by atoms with Crippen molar-refractivity contribution >= 4 is 26.7 Å². The van der Waals surface area contributed by atoms with Gasteiger partial charge in [-0.1, -0.05) is 29.5 Å². The van der Waals surface area contributed by atoms with E-state index in [9.17, 15) is 5.11 Å². The predicted octanol–water partition coefficient (Wildman–Crippen LogP) is 2.55. The number of piperazine rings is 1. The van der Waals surface area contributed by atoms with Gasteiger partial charge in [0.25, 0.3) is 0 Å². The van der Waals surface area contributed by atoms with Gasteiger partial charge >= 0.3 is 0 Å². The molecule has 10 nitrogen and oxygen atoms in total. The van der Waals surface area contributed by atoms with Crippen LogP contribution in [0.25, 0.3) is 10.2 Å². The molecule has 1 aliphatic rings. The van der Waals surface area contributed by atoms with Crippen molar-refractivity contribution in [2.24, 2.45) is 0 Å². The Morgan fingerprint density at radius 1 is 1.09 bits per heavy atom. The number of anilines is 1. The SMILES string of the molecule is COCCn1nnnc1[C@H](c1ccc(O)c(OC)c1)N1CCN(c2nc3ccccc3s2)CC1. The number of methoxy groups -OCH3 is 2. The molecule has 34 heavy (non-hydrogen) atoms. The lowest BCUT2D eigenvalue weighted by atomic mass is 10.0. The molecule has 2 aromatic heterocycles. The summed E-state index contributed by atoms with van der Waals surface area (Å²) >= 11 is 1.73. The number of thiazole rings is 1. The van der Waals surface area contributed by atoms with Gasteiger partial charge in [-0.2, -0.15) is 0 Å². The van der Waals surface area contributed by atoms with E-state index >= 15 is 0 Å². The van der Waals surface area contributed by atoms with E-state index < -0.39 is 0 Å². The van der Waals surface area contributed by atoms with Crippen molar-refractivity contribution in [2.75, 3.05) is 51.9 Å². The standard InChI is InChI=1S/C23H27N7O3S/c1-32-14-13-30-22(25-26-27-30)21(16-7-8-18(31)19(15-16)33-2)28-9-11-29(12-10-28)23-24-17-5-3-4-6-20(17)34-23/h3-8,15,21,31H,9-14H2,1-2H3/t21-/m0/s1. The topological polar surface area (TPSA) is 102 Å². The summed E-state index contributed by atoms with van der Waals surface area (Å²) in [5, 5.41) is 23.7. The molecular formula is C23H27N7O3S. The summed E-state index contributed by atoms with van der Waals surface area (Å²) < 4.78 is 13.6. The number of nitrogens with zero attached hydrogens (tertiary/aromatic N) is 7. The van der Waals surface area contributed by atoms with E-state index in [4.69, 9.17) is 14.5 Å². The molecule has 3 heterocycles. The van der Waals surface area contributed by atoms with Crippen LogP contribution >= 0.6 is 11.3 Å². The van der Waals surface area contributed by atoms with E-state index in [1.54, 1.807) is 36.3 Å². The van der Waals surface area contributed by atoms with Crippen LogP contribution in [0.5, 0.6) is 11.5 Å². The molecule has 5 rings (SSSR count). The molecule has 178 valence electrons. The van der Waals surface area contributed by atoms with E-state index in [1.807, 2.05) is 24.3 Å². The Hall–Kier alpha value is -3.28. The van der Waals surface area contributed by atoms with Gasteiger partial charge in [-0.15, -0.1) is 5.10 Å². The number of hydrogen-bond donors (Lipinski definition) is 1. The first-order chi connectivity index (χ1) is 16.7. The zero-order valence-electron chi connectivity index (χ0n) is 19.2. The average Bonchev–Trinajstić information content (AvgIpc) is 3.51. The fraction of sp³-hybridized carbons (Fsp3) is 0.391. The van der Waals surface area contributed by atoms with Crippen LogP contribution in [0.15, 0.2) is 42.5 Å². The molecule has 0 aliphatic carbocycles. The third-order valence-electron chi connectivity index (χ3n) is 6.06. The monoisotopic (exact) mass is 481 g/mol. The maximum atomic E-state index is 10.1. The number of tetrazole rings is 1. The van der Waals surface area contributed by atoms with Crippen molar-refractivity contribution in [1.29, 1.82) is 0 Å². The van der Waals surface area contributed by atoms with Crippen molar-refractivity contribution < 1.29 is 14.6 Å². The van der Waals surface area contributed by atoms with E-state index in [2.05, 4.69) is 37.5 Å². The van der Waals surface area contributed by atoms with E-state index in [0.717, 1.165) is 48.2 Å². The summed E-state index contributed by atoms with van der Waals surface area (Å²) in [5.41, 5.74) is 1.99. The number of benzene rings is 2. The van der Waals surface area contributed by atoms with Crippen LogP contribution in [0.2, 0.25) is 0 Å². The molecule has 1 aliphatic heterocycles. The van der Waals surface area contributed by atoms with E-state index in [-0.39, 0.29) is 11.8 Å². The Labute approximate surface area is 201 Å². The first-order valence-electron chi connectivity index (χ1n) is 11.1. The fourth-order valence-corrected chi connectivity index (χ4v) is 5.32. The van der Waals surface area contributed by atoms with Crippen LogP contribution in [0, 0.1) is 0 Å². The second kappa shape index (κ2) is 9.92. The number of aromatic hydroxyl groups is 1. The number of fused-ring (bicyclic) bond motifs is 1. The molecular weight excluding hydrogens is 454 g/mol. The number of hydrogen-bond acceptors (Lipinski definition) is 10. The van der Waals surface area contributed by atoms with Gasteiger partial charge in [0.15, 0.2) is 22.5 Å². The maximum absolute atomic E-state index is 10.1. The summed E-state index contributed by atoms with van der Waals surface area (Å²) in [6, 6.07) is 13.5. The van der Waals surface area contributed by atoms with Gasteiger partial charge in [-0.3, -0.25) is 4.90 Å². The van der Waals surface area contributed by atoms with Crippen LogP contribution in [0.4, 0.5) is 5.13 Å². The molecule has 1 saturated heterocycles. The van der Waals surface area contributed by atoms with Gasteiger partial charge in [0.2, 0.25) is 0 Å². The molecule has 0 radical (unpaired) electrons.